The Morgan fingerprint density at radius 1 is 1.29 bits per heavy atom. The van der Waals surface area contributed by atoms with Crippen LogP contribution in [0.3, 0.4) is 0 Å². The van der Waals surface area contributed by atoms with E-state index in [0.717, 1.165) is 18.9 Å². The number of hydrogen-bond donors (Lipinski definition) is 1. The summed E-state index contributed by atoms with van der Waals surface area (Å²) in [5.74, 6) is 1.94. The van der Waals surface area contributed by atoms with Crippen molar-refractivity contribution >= 4 is 5.82 Å². The molecule has 1 saturated carbocycles. The van der Waals surface area contributed by atoms with Crippen LogP contribution in [0.4, 0.5) is 5.82 Å². The highest BCUT2D eigenvalue weighted by atomic mass is 15.2. The summed E-state index contributed by atoms with van der Waals surface area (Å²) >= 11 is 0. The molecule has 3 nitrogen and oxygen atoms in total. The highest BCUT2D eigenvalue weighted by molar-refractivity contribution is 5.52. The Morgan fingerprint density at radius 3 is 2.71 bits per heavy atom. The molecular weight excluding hydrogens is 258 g/mol. The smallest absolute Gasteiger partial charge is 0.133 e. The molecule has 0 atom stereocenters. The van der Waals surface area contributed by atoms with Crippen LogP contribution in [-0.4, -0.2) is 17.6 Å². The average Bonchev–Trinajstić information content (AvgIpc) is 3.31. The molecule has 3 heteroatoms. The quantitative estimate of drug-likeness (QED) is 0.871. The Kier molecular flexibility index (Phi) is 4.48. The molecule has 3 rings (SSSR count). The molecule has 0 spiro atoms. The van der Waals surface area contributed by atoms with Crippen LogP contribution in [0.25, 0.3) is 0 Å². The van der Waals surface area contributed by atoms with E-state index in [1.54, 1.807) is 0 Å². The zero-order valence-corrected chi connectivity index (χ0v) is 13.6. The van der Waals surface area contributed by atoms with E-state index in [1.165, 1.54) is 61.2 Å². The lowest BCUT2D eigenvalue weighted by Gasteiger charge is -2.28. The van der Waals surface area contributed by atoms with E-state index in [1.807, 2.05) is 0 Å². The lowest BCUT2D eigenvalue weighted by molar-refractivity contribution is 0.566. The van der Waals surface area contributed by atoms with Crippen LogP contribution in [0.15, 0.2) is 6.07 Å². The molecule has 116 valence electrons. The Balaban J connectivity index is 1.90. The fraction of sp³-hybridized carbons (Fsp3) is 0.722. The van der Waals surface area contributed by atoms with Gasteiger partial charge in [0.25, 0.3) is 0 Å². The molecule has 0 unspecified atom stereocenters. The summed E-state index contributed by atoms with van der Waals surface area (Å²) in [7, 11) is 0. The van der Waals surface area contributed by atoms with Crippen LogP contribution in [0.2, 0.25) is 0 Å². The van der Waals surface area contributed by atoms with Crippen molar-refractivity contribution in [3.8, 4) is 0 Å². The first-order chi connectivity index (χ1) is 10.2. The Hall–Kier alpha value is -1.09. The van der Waals surface area contributed by atoms with E-state index in [-0.39, 0.29) is 0 Å². The van der Waals surface area contributed by atoms with Crippen molar-refractivity contribution < 1.29 is 0 Å². The first-order valence-corrected chi connectivity index (χ1v) is 8.67. The molecular formula is C18H29N3. The van der Waals surface area contributed by atoms with Gasteiger partial charge in [0.05, 0.1) is 0 Å². The van der Waals surface area contributed by atoms with Crippen molar-refractivity contribution in [1.29, 1.82) is 0 Å². The van der Waals surface area contributed by atoms with Crippen molar-refractivity contribution in [1.82, 2.24) is 4.98 Å². The maximum absolute atomic E-state index is 6.03. The van der Waals surface area contributed by atoms with E-state index in [0.29, 0.717) is 12.6 Å². The zero-order chi connectivity index (χ0) is 14.8. The number of aromatic nitrogens is 1. The third kappa shape index (κ3) is 3.39. The first-order valence-electron chi connectivity index (χ1n) is 8.67. The average molecular weight is 287 g/mol. The second-order valence-electron chi connectivity index (χ2n) is 7.10. The number of nitrogens with two attached hydrogens (primary N) is 1. The number of anilines is 1. The molecule has 2 aliphatic rings. The standard InChI is InChI=1S/C18H29N3/c1-13(2)9-10-21(16-7-8-16)18-15(12-19)11-14-5-3-4-6-17(14)20-18/h11,13,16H,3-10,12,19H2,1-2H3. The largest absolute Gasteiger partial charge is 0.353 e. The van der Waals surface area contributed by atoms with Crippen molar-refractivity contribution in [2.75, 3.05) is 11.4 Å². The molecule has 0 amide bonds. The second-order valence-corrected chi connectivity index (χ2v) is 7.10. The number of aryl methyl sites for hydroxylation is 2. The van der Waals surface area contributed by atoms with Crippen LogP contribution in [-0.2, 0) is 19.4 Å². The van der Waals surface area contributed by atoms with Crippen molar-refractivity contribution in [3.63, 3.8) is 0 Å². The SMILES string of the molecule is CC(C)CCN(c1nc2c(cc1CN)CCCC2)C1CC1. The monoisotopic (exact) mass is 287 g/mol. The Morgan fingerprint density at radius 2 is 2.05 bits per heavy atom. The maximum Gasteiger partial charge on any atom is 0.133 e. The lowest BCUT2D eigenvalue weighted by Crippen LogP contribution is -2.31. The summed E-state index contributed by atoms with van der Waals surface area (Å²) in [5.41, 5.74) is 10.1. The highest BCUT2D eigenvalue weighted by Gasteiger charge is 2.31. The number of nitrogens with zero attached hydrogens (tertiary/aromatic N) is 2. The van der Waals surface area contributed by atoms with E-state index in [4.69, 9.17) is 10.7 Å². The normalized spacial score (nSPS) is 17.9. The van der Waals surface area contributed by atoms with Crippen molar-refractivity contribution in [2.24, 2.45) is 11.7 Å². The number of pyridine rings is 1. The van der Waals surface area contributed by atoms with Crippen LogP contribution >= 0.6 is 0 Å². The summed E-state index contributed by atoms with van der Waals surface area (Å²) < 4.78 is 0. The number of hydrogen-bond acceptors (Lipinski definition) is 3. The third-order valence-corrected chi connectivity index (χ3v) is 4.78. The molecule has 1 fully saturated rings. The van der Waals surface area contributed by atoms with Gasteiger partial charge in [0.2, 0.25) is 0 Å². The molecule has 1 aromatic heterocycles. The van der Waals surface area contributed by atoms with Crippen LogP contribution in [0, 0.1) is 5.92 Å². The van der Waals surface area contributed by atoms with Gasteiger partial charge in [0.1, 0.15) is 5.82 Å². The van der Waals surface area contributed by atoms with E-state index >= 15 is 0 Å². The third-order valence-electron chi connectivity index (χ3n) is 4.78. The minimum absolute atomic E-state index is 0.612. The fourth-order valence-electron chi connectivity index (χ4n) is 3.31. The molecule has 0 radical (unpaired) electrons. The molecule has 2 aliphatic carbocycles. The van der Waals surface area contributed by atoms with Crippen LogP contribution < -0.4 is 10.6 Å². The molecule has 0 aliphatic heterocycles. The molecule has 0 saturated heterocycles. The summed E-state index contributed by atoms with van der Waals surface area (Å²) in [6.45, 7) is 6.34. The highest BCUT2D eigenvalue weighted by Crippen LogP contribution is 2.35. The number of fused-ring (bicyclic) bond motifs is 1. The molecule has 2 N–H and O–H groups in total. The van der Waals surface area contributed by atoms with Gasteiger partial charge in [-0.25, -0.2) is 4.98 Å². The molecule has 0 bridgehead atoms. The van der Waals surface area contributed by atoms with Gasteiger partial charge >= 0.3 is 0 Å². The zero-order valence-electron chi connectivity index (χ0n) is 13.6. The maximum atomic E-state index is 6.03. The van der Waals surface area contributed by atoms with E-state index < -0.39 is 0 Å². The predicted octanol–water partition coefficient (Wildman–Crippen LogP) is 3.43. The van der Waals surface area contributed by atoms with Crippen LogP contribution in [0.5, 0.6) is 0 Å². The molecule has 1 aromatic rings. The van der Waals surface area contributed by atoms with Gasteiger partial charge in [-0.3, -0.25) is 0 Å². The van der Waals surface area contributed by atoms with E-state index in [2.05, 4.69) is 24.8 Å². The Labute approximate surface area is 128 Å². The minimum Gasteiger partial charge on any atom is -0.353 e. The van der Waals surface area contributed by atoms with Gasteiger partial charge in [-0.2, -0.15) is 0 Å². The van der Waals surface area contributed by atoms with Gasteiger partial charge in [-0.05, 0) is 62.5 Å². The molecule has 21 heavy (non-hydrogen) atoms. The van der Waals surface area contributed by atoms with Crippen molar-refractivity contribution in [2.45, 2.75) is 71.4 Å². The summed E-state index contributed by atoms with van der Waals surface area (Å²) in [6, 6.07) is 3.06. The first kappa shape index (κ1) is 14.8. The summed E-state index contributed by atoms with van der Waals surface area (Å²) in [6.07, 6.45) is 8.80. The summed E-state index contributed by atoms with van der Waals surface area (Å²) in [5, 5.41) is 0. The second kappa shape index (κ2) is 6.35. The number of rotatable bonds is 6. The van der Waals surface area contributed by atoms with Gasteiger partial charge in [0, 0.05) is 30.4 Å². The van der Waals surface area contributed by atoms with Gasteiger partial charge in [-0.1, -0.05) is 13.8 Å². The van der Waals surface area contributed by atoms with E-state index in [9.17, 15) is 0 Å². The molecule has 0 aromatic carbocycles. The van der Waals surface area contributed by atoms with Gasteiger partial charge < -0.3 is 10.6 Å². The lowest BCUT2D eigenvalue weighted by atomic mass is 9.94. The Bertz CT molecular complexity index is 491. The van der Waals surface area contributed by atoms with Crippen molar-refractivity contribution in [3.05, 3.63) is 22.9 Å². The summed E-state index contributed by atoms with van der Waals surface area (Å²) in [4.78, 5) is 7.62. The fourth-order valence-corrected chi connectivity index (χ4v) is 3.31. The molecule has 1 heterocycles. The minimum atomic E-state index is 0.612. The van der Waals surface area contributed by atoms with Gasteiger partial charge in [-0.15, -0.1) is 0 Å². The van der Waals surface area contributed by atoms with Gasteiger partial charge in [0.15, 0.2) is 0 Å². The van der Waals surface area contributed by atoms with Crippen LogP contribution in [0.1, 0.15) is 62.8 Å². The predicted molar refractivity (Wildman–Crippen MR) is 88.6 cm³/mol. The topological polar surface area (TPSA) is 42.2 Å².